The molecule has 4 heteroatoms. The van der Waals surface area contributed by atoms with E-state index >= 15 is 0 Å². The van der Waals surface area contributed by atoms with Crippen molar-refractivity contribution in [2.75, 3.05) is 5.73 Å². The Morgan fingerprint density at radius 3 is 2.71 bits per heavy atom. The van der Waals surface area contributed by atoms with Crippen molar-refractivity contribution in [3.63, 3.8) is 0 Å². The zero-order valence-electron chi connectivity index (χ0n) is 10.3. The van der Waals surface area contributed by atoms with Crippen LogP contribution in [-0.2, 0) is 13.5 Å². The summed E-state index contributed by atoms with van der Waals surface area (Å²) in [6.07, 6.45) is 0.811. The summed E-state index contributed by atoms with van der Waals surface area (Å²) in [5.41, 5.74) is 9.33. The van der Waals surface area contributed by atoms with Crippen LogP contribution in [0, 0.1) is 12.7 Å². The topological polar surface area (TPSA) is 43.8 Å². The second kappa shape index (κ2) is 4.20. The third kappa shape index (κ3) is 1.90. The zero-order valence-corrected chi connectivity index (χ0v) is 10.3. The molecule has 2 N–H and O–H groups in total. The first-order valence-corrected chi connectivity index (χ1v) is 5.62. The smallest absolute Gasteiger partial charge is 0.126 e. The summed E-state index contributed by atoms with van der Waals surface area (Å²) in [6, 6.07) is 5.01. The molecule has 0 fully saturated rings. The molecule has 0 spiro atoms. The molecule has 2 rings (SSSR count). The first kappa shape index (κ1) is 11.6. The first-order chi connectivity index (χ1) is 8.04. The number of hydrogen-bond acceptors (Lipinski definition) is 2. The number of halogens is 1. The van der Waals surface area contributed by atoms with Crippen molar-refractivity contribution < 1.29 is 4.39 Å². The third-order valence-corrected chi connectivity index (χ3v) is 2.98. The Balaban J connectivity index is 2.60. The molecule has 0 bridgehead atoms. The van der Waals surface area contributed by atoms with Crippen molar-refractivity contribution in [3.05, 3.63) is 35.1 Å². The quantitative estimate of drug-likeness (QED) is 0.866. The standard InChI is InChI=1S/C13H16FN3/c1-4-10-12(16-17(3)13(10)15)9-5-6-11(14)8(2)7-9/h5-7H,4,15H2,1-3H3. The number of aromatic nitrogens is 2. The van der Waals surface area contributed by atoms with Crippen molar-refractivity contribution in [1.29, 1.82) is 0 Å². The number of hydrogen-bond donors (Lipinski definition) is 1. The fourth-order valence-electron chi connectivity index (χ4n) is 1.95. The number of aryl methyl sites for hydroxylation is 2. The van der Waals surface area contributed by atoms with Crippen LogP contribution in [0.3, 0.4) is 0 Å². The summed E-state index contributed by atoms with van der Waals surface area (Å²) in [5.74, 6) is 0.472. The minimum absolute atomic E-state index is 0.198. The van der Waals surface area contributed by atoms with Gasteiger partial charge in [0.15, 0.2) is 0 Å². The molecule has 1 heterocycles. The number of nitrogens with zero attached hydrogens (tertiary/aromatic N) is 2. The van der Waals surface area contributed by atoms with E-state index in [0.717, 1.165) is 23.2 Å². The van der Waals surface area contributed by atoms with Crippen molar-refractivity contribution in [2.24, 2.45) is 7.05 Å². The summed E-state index contributed by atoms with van der Waals surface area (Å²) in [4.78, 5) is 0. The monoisotopic (exact) mass is 233 g/mol. The highest BCUT2D eigenvalue weighted by Crippen LogP contribution is 2.28. The van der Waals surface area contributed by atoms with Gasteiger partial charge in [-0.15, -0.1) is 0 Å². The van der Waals surface area contributed by atoms with Gasteiger partial charge in [0.1, 0.15) is 11.6 Å². The van der Waals surface area contributed by atoms with Crippen LogP contribution in [0.4, 0.5) is 10.2 Å². The van der Waals surface area contributed by atoms with E-state index in [9.17, 15) is 4.39 Å². The van der Waals surface area contributed by atoms with Crippen molar-refractivity contribution in [2.45, 2.75) is 20.3 Å². The molecule has 0 saturated carbocycles. The summed E-state index contributed by atoms with van der Waals surface area (Å²) < 4.78 is 14.9. The van der Waals surface area contributed by atoms with E-state index in [1.165, 1.54) is 6.07 Å². The number of anilines is 1. The van der Waals surface area contributed by atoms with Gasteiger partial charge in [-0.3, -0.25) is 4.68 Å². The van der Waals surface area contributed by atoms with E-state index in [1.54, 1.807) is 23.7 Å². The van der Waals surface area contributed by atoms with Crippen molar-refractivity contribution >= 4 is 5.82 Å². The van der Waals surface area contributed by atoms with Gasteiger partial charge in [-0.1, -0.05) is 6.92 Å². The molecule has 0 aliphatic carbocycles. The molecule has 0 aliphatic heterocycles. The molecule has 0 unspecified atom stereocenters. The molecular weight excluding hydrogens is 217 g/mol. The number of rotatable bonds is 2. The predicted octanol–water partition coefficient (Wildman–Crippen LogP) is 2.68. The lowest BCUT2D eigenvalue weighted by Crippen LogP contribution is -1.98. The molecular formula is C13H16FN3. The second-order valence-electron chi connectivity index (χ2n) is 4.15. The Hall–Kier alpha value is -1.84. The maximum absolute atomic E-state index is 13.2. The average molecular weight is 233 g/mol. The predicted molar refractivity (Wildman–Crippen MR) is 67.1 cm³/mol. The highest BCUT2D eigenvalue weighted by molar-refractivity contribution is 5.68. The summed E-state index contributed by atoms with van der Waals surface area (Å²) in [7, 11) is 1.81. The van der Waals surface area contributed by atoms with Crippen molar-refractivity contribution in [1.82, 2.24) is 9.78 Å². The van der Waals surface area contributed by atoms with Gasteiger partial charge in [-0.2, -0.15) is 5.10 Å². The molecule has 2 aromatic rings. The van der Waals surface area contributed by atoms with Crippen molar-refractivity contribution in [3.8, 4) is 11.3 Å². The maximum Gasteiger partial charge on any atom is 0.126 e. The van der Waals surface area contributed by atoms with E-state index in [4.69, 9.17) is 5.73 Å². The first-order valence-electron chi connectivity index (χ1n) is 5.62. The lowest BCUT2D eigenvalue weighted by molar-refractivity contribution is 0.618. The van der Waals surface area contributed by atoms with Gasteiger partial charge in [0.25, 0.3) is 0 Å². The second-order valence-corrected chi connectivity index (χ2v) is 4.15. The van der Waals surface area contributed by atoms with Crippen LogP contribution in [0.5, 0.6) is 0 Å². The third-order valence-electron chi connectivity index (χ3n) is 2.98. The summed E-state index contributed by atoms with van der Waals surface area (Å²) >= 11 is 0. The highest BCUT2D eigenvalue weighted by atomic mass is 19.1. The van der Waals surface area contributed by atoms with Crippen LogP contribution < -0.4 is 5.73 Å². The molecule has 1 aromatic carbocycles. The minimum Gasteiger partial charge on any atom is -0.384 e. The summed E-state index contributed by atoms with van der Waals surface area (Å²) in [5, 5.41) is 4.39. The van der Waals surface area contributed by atoms with E-state index in [2.05, 4.69) is 5.10 Å². The largest absolute Gasteiger partial charge is 0.384 e. The van der Waals surface area contributed by atoms with E-state index < -0.39 is 0 Å². The van der Waals surface area contributed by atoms with Crippen LogP contribution >= 0.6 is 0 Å². The van der Waals surface area contributed by atoms with Gasteiger partial charge in [0, 0.05) is 18.2 Å². The molecule has 1 aromatic heterocycles. The van der Waals surface area contributed by atoms with Crippen LogP contribution in [0.1, 0.15) is 18.1 Å². The number of benzene rings is 1. The maximum atomic E-state index is 13.2. The SMILES string of the molecule is CCc1c(-c2ccc(F)c(C)c2)nn(C)c1N. The van der Waals surface area contributed by atoms with Gasteiger partial charge in [-0.05, 0) is 37.1 Å². The summed E-state index contributed by atoms with van der Waals surface area (Å²) in [6.45, 7) is 3.78. The van der Waals surface area contributed by atoms with Crippen LogP contribution in [-0.4, -0.2) is 9.78 Å². The Labute approximate surface area is 100 Å². The van der Waals surface area contributed by atoms with Gasteiger partial charge >= 0.3 is 0 Å². The zero-order chi connectivity index (χ0) is 12.6. The van der Waals surface area contributed by atoms with Gasteiger partial charge in [0.05, 0.1) is 5.69 Å². The fraction of sp³-hybridized carbons (Fsp3) is 0.308. The molecule has 3 nitrogen and oxygen atoms in total. The van der Waals surface area contributed by atoms with Crippen LogP contribution in [0.2, 0.25) is 0 Å². The highest BCUT2D eigenvalue weighted by Gasteiger charge is 2.14. The van der Waals surface area contributed by atoms with E-state index in [1.807, 2.05) is 14.0 Å². The molecule has 0 atom stereocenters. The normalized spacial score (nSPS) is 10.8. The van der Waals surface area contributed by atoms with Gasteiger partial charge < -0.3 is 5.73 Å². The molecule has 17 heavy (non-hydrogen) atoms. The molecule has 0 amide bonds. The van der Waals surface area contributed by atoms with Crippen LogP contribution in [0.15, 0.2) is 18.2 Å². The lowest BCUT2D eigenvalue weighted by atomic mass is 10.0. The Morgan fingerprint density at radius 1 is 1.41 bits per heavy atom. The number of nitrogen functional groups attached to an aromatic ring is 1. The number of nitrogens with two attached hydrogens (primary N) is 1. The molecule has 0 radical (unpaired) electrons. The average Bonchev–Trinajstić information content (AvgIpc) is 2.59. The Morgan fingerprint density at radius 2 is 2.12 bits per heavy atom. The lowest BCUT2D eigenvalue weighted by Gasteiger charge is -2.03. The van der Waals surface area contributed by atoms with E-state index in [0.29, 0.717) is 11.4 Å². The molecule has 90 valence electrons. The molecule has 0 saturated heterocycles. The van der Waals surface area contributed by atoms with Gasteiger partial charge in [-0.25, -0.2) is 4.39 Å². The van der Waals surface area contributed by atoms with Gasteiger partial charge in [0.2, 0.25) is 0 Å². The Kier molecular flexibility index (Phi) is 2.88. The fourth-order valence-corrected chi connectivity index (χ4v) is 1.95. The minimum atomic E-state index is -0.198. The van der Waals surface area contributed by atoms with E-state index in [-0.39, 0.29) is 5.82 Å². The molecule has 0 aliphatic rings. The van der Waals surface area contributed by atoms with Crippen LogP contribution in [0.25, 0.3) is 11.3 Å². The Bertz CT molecular complexity index is 558.